The lowest BCUT2D eigenvalue weighted by atomic mass is 10.0. The van der Waals surface area contributed by atoms with Crippen molar-refractivity contribution in [1.29, 1.82) is 0 Å². The Hall–Kier alpha value is -1.01. The summed E-state index contributed by atoms with van der Waals surface area (Å²) in [5.74, 6) is -0.179. The Bertz CT molecular complexity index is 190. The van der Waals surface area contributed by atoms with Crippen molar-refractivity contribution in [3.8, 4) is 0 Å². The summed E-state index contributed by atoms with van der Waals surface area (Å²) in [6, 6.07) is 0. The Morgan fingerprint density at radius 1 is 1.54 bits per heavy atom. The van der Waals surface area contributed by atoms with Crippen molar-refractivity contribution in [2.45, 2.75) is 39.0 Å². The highest BCUT2D eigenvalue weighted by atomic mass is 16.4. The fourth-order valence-electron chi connectivity index (χ4n) is 1.20. The van der Waals surface area contributed by atoms with Gasteiger partial charge >= 0.3 is 5.97 Å². The molecule has 0 aliphatic heterocycles. The first kappa shape index (κ1) is 12.0. The highest BCUT2D eigenvalue weighted by Crippen LogP contribution is 2.10. The summed E-state index contributed by atoms with van der Waals surface area (Å²) >= 11 is 0. The van der Waals surface area contributed by atoms with Gasteiger partial charge in [-0.15, -0.1) is 5.73 Å². The molecule has 2 heteroatoms. The Labute approximate surface area is 80.0 Å². The minimum absolute atomic E-state index is 0.297. The van der Waals surface area contributed by atoms with Gasteiger partial charge in [-0.3, -0.25) is 4.79 Å². The zero-order valence-corrected chi connectivity index (χ0v) is 8.25. The third-order valence-corrected chi connectivity index (χ3v) is 1.95. The number of rotatable bonds is 7. The molecule has 0 radical (unpaired) electrons. The number of allylic oxidation sites excluding steroid dienone is 1. The van der Waals surface area contributed by atoms with Gasteiger partial charge in [0.15, 0.2) is 0 Å². The van der Waals surface area contributed by atoms with E-state index in [1.165, 1.54) is 0 Å². The van der Waals surface area contributed by atoms with Crippen LogP contribution in [0, 0.1) is 5.92 Å². The van der Waals surface area contributed by atoms with E-state index in [0.717, 1.165) is 25.7 Å². The maximum absolute atomic E-state index is 10.2. The zero-order valence-electron chi connectivity index (χ0n) is 8.25. The lowest BCUT2D eigenvalue weighted by molar-refractivity contribution is -0.137. The monoisotopic (exact) mass is 182 g/mol. The van der Waals surface area contributed by atoms with Crippen LogP contribution in [0.1, 0.15) is 39.0 Å². The normalized spacial score (nSPS) is 11.8. The van der Waals surface area contributed by atoms with Crippen molar-refractivity contribution in [1.82, 2.24) is 0 Å². The van der Waals surface area contributed by atoms with E-state index >= 15 is 0 Å². The van der Waals surface area contributed by atoms with Crippen LogP contribution in [-0.2, 0) is 4.79 Å². The van der Waals surface area contributed by atoms with Gasteiger partial charge in [-0.25, -0.2) is 0 Å². The van der Waals surface area contributed by atoms with Crippen molar-refractivity contribution in [3.05, 3.63) is 18.4 Å². The molecule has 0 aliphatic carbocycles. The molecule has 0 saturated heterocycles. The van der Waals surface area contributed by atoms with Crippen molar-refractivity contribution in [2.75, 3.05) is 0 Å². The average Bonchev–Trinajstić information content (AvgIpc) is 2.03. The van der Waals surface area contributed by atoms with Gasteiger partial charge in [0, 0.05) is 6.42 Å². The van der Waals surface area contributed by atoms with Gasteiger partial charge in [0.25, 0.3) is 0 Å². The van der Waals surface area contributed by atoms with E-state index in [9.17, 15) is 4.79 Å². The molecule has 74 valence electrons. The molecule has 0 aromatic rings. The van der Waals surface area contributed by atoms with Crippen LogP contribution in [0.5, 0.6) is 0 Å². The second-order valence-corrected chi connectivity index (χ2v) is 3.34. The second kappa shape index (κ2) is 7.63. The van der Waals surface area contributed by atoms with Gasteiger partial charge in [-0.1, -0.05) is 26.3 Å². The Morgan fingerprint density at radius 2 is 2.23 bits per heavy atom. The van der Waals surface area contributed by atoms with Gasteiger partial charge in [0.1, 0.15) is 0 Å². The van der Waals surface area contributed by atoms with Crippen LogP contribution >= 0.6 is 0 Å². The van der Waals surface area contributed by atoms with Crippen LogP contribution in [0.4, 0.5) is 0 Å². The number of hydrogen-bond donors (Lipinski definition) is 1. The van der Waals surface area contributed by atoms with E-state index in [4.69, 9.17) is 5.11 Å². The number of carbonyl (C=O) groups is 1. The van der Waals surface area contributed by atoms with Crippen molar-refractivity contribution in [3.63, 3.8) is 0 Å². The van der Waals surface area contributed by atoms with Crippen LogP contribution in [0.2, 0.25) is 0 Å². The molecular weight excluding hydrogens is 164 g/mol. The molecule has 0 rings (SSSR count). The highest BCUT2D eigenvalue weighted by molar-refractivity contribution is 5.66. The number of carboxylic acid groups (broad SMARTS) is 1. The largest absolute Gasteiger partial charge is 0.481 e. The molecule has 1 N–H and O–H groups in total. The van der Waals surface area contributed by atoms with E-state index in [0.29, 0.717) is 12.3 Å². The highest BCUT2D eigenvalue weighted by Gasteiger charge is 1.98. The molecule has 0 fully saturated rings. The molecular formula is C11H18O2. The number of unbranched alkanes of at least 4 members (excludes halogenated alkanes) is 2. The Morgan fingerprint density at radius 3 is 2.77 bits per heavy atom. The van der Waals surface area contributed by atoms with E-state index in [1.807, 2.05) is 6.08 Å². The van der Waals surface area contributed by atoms with E-state index in [-0.39, 0.29) is 0 Å². The van der Waals surface area contributed by atoms with Crippen LogP contribution < -0.4 is 0 Å². The first-order valence-corrected chi connectivity index (χ1v) is 4.74. The molecule has 0 aromatic carbocycles. The summed E-state index contributed by atoms with van der Waals surface area (Å²) in [6.07, 6.45) is 6.24. The number of aliphatic carboxylic acids is 1. The Balaban J connectivity index is 3.25. The van der Waals surface area contributed by atoms with Crippen molar-refractivity contribution in [2.24, 2.45) is 5.92 Å². The SMILES string of the molecule is C=C=CC(C)CCCCCC(=O)O. The summed E-state index contributed by atoms with van der Waals surface area (Å²) in [4.78, 5) is 10.2. The van der Waals surface area contributed by atoms with Gasteiger partial charge in [-0.2, -0.15) is 0 Å². The number of carboxylic acids is 1. The molecule has 2 nitrogen and oxygen atoms in total. The van der Waals surface area contributed by atoms with Crippen LogP contribution in [0.15, 0.2) is 18.4 Å². The summed E-state index contributed by atoms with van der Waals surface area (Å²) < 4.78 is 0. The smallest absolute Gasteiger partial charge is 0.303 e. The fourth-order valence-corrected chi connectivity index (χ4v) is 1.20. The molecule has 0 spiro atoms. The molecule has 0 aromatic heterocycles. The van der Waals surface area contributed by atoms with Crippen LogP contribution in [0.3, 0.4) is 0 Å². The van der Waals surface area contributed by atoms with E-state index in [1.54, 1.807) is 0 Å². The number of hydrogen-bond acceptors (Lipinski definition) is 1. The molecule has 1 unspecified atom stereocenters. The van der Waals surface area contributed by atoms with Gasteiger partial charge in [-0.05, 0) is 24.8 Å². The van der Waals surface area contributed by atoms with Gasteiger partial charge in [0.05, 0.1) is 0 Å². The minimum Gasteiger partial charge on any atom is -0.481 e. The first-order chi connectivity index (χ1) is 6.16. The predicted octanol–water partition coefficient (Wildman–Crippen LogP) is 3.00. The lowest BCUT2D eigenvalue weighted by Crippen LogP contribution is -1.94. The molecule has 1 atom stereocenters. The standard InChI is InChI=1S/C11H18O2/c1-3-7-10(2)8-5-4-6-9-11(12)13/h7,10H,1,4-6,8-9H2,2H3,(H,12,13). The maximum atomic E-state index is 10.2. The first-order valence-electron chi connectivity index (χ1n) is 4.74. The summed E-state index contributed by atoms with van der Waals surface area (Å²) in [5, 5.41) is 8.38. The predicted molar refractivity (Wildman–Crippen MR) is 53.6 cm³/mol. The zero-order chi connectivity index (χ0) is 10.1. The van der Waals surface area contributed by atoms with Crippen molar-refractivity contribution < 1.29 is 9.90 Å². The molecule has 0 amide bonds. The topological polar surface area (TPSA) is 37.3 Å². The second-order valence-electron chi connectivity index (χ2n) is 3.34. The fraction of sp³-hybridized carbons (Fsp3) is 0.636. The maximum Gasteiger partial charge on any atom is 0.303 e. The van der Waals surface area contributed by atoms with Crippen molar-refractivity contribution >= 4 is 5.97 Å². The molecule has 13 heavy (non-hydrogen) atoms. The Kier molecular flexibility index (Phi) is 7.04. The molecule has 0 bridgehead atoms. The van der Waals surface area contributed by atoms with Gasteiger partial charge in [0.2, 0.25) is 0 Å². The minimum atomic E-state index is -0.695. The quantitative estimate of drug-likeness (QED) is 0.485. The summed E-state index contributed by atoms with van der Waals surface area (Å²) in [6.45, 7) is 5.63. The third kappa shape index (κ3) is 8.90. The summed E-state index contributed by atoms with van der Waals surface area (Å²) in [7, 11) is 0. The summed E-state index contributed by atoms with van der Waals surface area (Å²) in [5.41, 5.74) is 2.76. The molecule has 0 saturated carbocycles. The van der Waals surface area contributed by atoms with Crippen LogP contribution in [-0.4, -0.2) is 11.1 Å². The molecule has 0 heterocycles. The van der Waals surface area contributed by atoms with E-state index < -0.39 is 5.97 Å². The van der Waals surface area contributed by atoms with Crippen LogP contribution in [0.25, 0.3) is 0 Å². The van der Waals surface area contributed by atoms with E-state index in [2.05, 4.69) is 19.2 Å². The average molecular weight is 182 g/mol. The lowest BCUT2D eigenvalue weighted by Gasteiger charge is -2.03. The third-order valence-electron chi connectivity index (χ3n) is 1.95. The molecule has 0 aliphatic rings. The van der Waals surface area contributed by atoms with Gasteiger partial charge < -0.3 is 5.11 Å².